The normalized spacial score (nSPS) is 11.4. The Balaban J connectivity index is 2.17. The van der Waals surface area contributed by atoms with E-state index in [1.54, 1.807) is 12.1 Å². The van der Waals surface area contributed by atoms with Gasteiger partial charge in [-0.15, -0.1) is 0 Å². The average molecular weight is 302 g/mol. The van der Waals surface area contributed by atoms with Crippen LogP contribution >= 0.6 is 10.7 Å². The Labute approximate surface area is 113 Å². The number of rotatable bonds is 4. The summed E-state index contributed by atoms with van der Waals surface area (Å²) in [4.78, 5) is 9.91. The molecule has 1 heterocycles. The van der Waals surface area contributed by atoms with Gasteiger partial charge in [-0.3, -0.25) is 14.8 Å². The van der Waals surface area contributed by atoms with Gasteiger partial charge in [-0.25, -0.2) is 8.42 Å². The highest BCUT2D eigenvalue weighted by molar-refractivity contribution is 8.13. The lowest BCUT2D eigenvalue weighted by Gasteiger charge is -2.01. The molecular weight excluding hydrogens is 294 g/mol. The van der Waals surface area contributed by atoms with Crippen LogP contribution < -0.4 is 0 Å². The van der Waals surface area contributed by atoms with E-state index in [1.807, 2.05) is 0 Å². The Hall–Kier alpha value is -1.93. The summed E-state index contributed by atoms with van der Waals surface area (Å²) in [6, 6.07) is 5.90. The van der Waals surface area contributed by atoms with Crippen LogP contribution in [0.2, 0.25) is 0 Å². The number of nitro groups is 1. The molecule has 1 aromatic heterocycles. The molecule has 0 atom stereocenters. The minimum Gasteiger partial charge on any atom is -0.267 e. The van der Waals surface area contributed by atoms with E-state index >= 15 is 0 Å². The Bertz CT molecular complexity index is 709. The number of nitro benzene ring substituents is 1. The second-order valence-corrected chi connectivity index (χ2v) is 6.30. The maximum absolute atomic E-state index is 11.1. The first-order valence-electron chi connectivity index (χ1n) is 5.07. The van der Waals surface area contributed by atoms with E-state index in [4.69, 9.17) is 10.7 Å². The third kappa shape index (κ3) is 3.30. The van der Waals surface area contributed by atoms with Crippen molar-refractivity contribution in [3.05, 3.63) is 52.3 Å². The van der Waals surface area contributed by atoms with Gasteiger partial charge in [0.1, 0.15) is 4.90 Å². The largest absolute Gasteiger partial charge is 0.269 e. The number of hydrogen-bond acceptors (Lipinski definition) is 5. The molecule has 9 heteroatoms. The maximum Gasteiger partial charge on any atom is 0.269 e. The molecule has 19 heavy (non-hydrogen) atoms. The summed E-state index contributed by atoms with van der Waals surface area (Å²) in [6.07, 6.45) is 2.44. The highest BCUT2D eigenvalue weighted by Crippen LogP contribution is 2.15. The van der Waals surface area contributed by atoms with Gasteiger partial charge in [0.05, 0.1) is 17.7 Å². The van der Waals surface area contributed by atoms with Crippen LogP contribution in [0.1, 0.15) is 5.56 Å². The van der Waals surface area contributed by atoms with Gasteiger partial charge in [0, 0.05) is 29.0 Å². The third-order valence-corrected chi connectivity index (χ3v) is 3.69. The minimum absolute atomic E-state index is 0.00626. The Morgan fingerprint density at radius 1 is 1.32 bits per heavy atom. The molecule has 0 spiro atoms. The van der Waals surface area contributed by atoms with Crippen molar-refractivity contribution in [1.82, 2.24) is 9.78 Å². The molecule has 2 aromatic rings. The molecule has 0 aliphatic carbocycles. The van der Waals surface area contributed by atoms with Crippen molar-refractivity contribution in [3.63, 3.8) is 0 Å². The second kappa shape index (κ2) is 4.98. The monoisotopic (exact) mass is 301 g/mol. The van der Waals surface area contributed by atoms with Crippen molar-refractivity contribution >= 4 is 25.4 Å². The minimum atomic E-state index is -3.79. The van der Waals surface area contributed by atoms with Crippen molar-refractivity contribution in [1.29, 1.82) is 0 Å². The molecule has 0 saturated heterocycles. The zero-order valence-electron chi connectivity index (χ0n) is 9.43. The molecular formula is C10H8ClN3O4S. The summed E-state index contributed by atoms with van der Waals surface area (Å²) < 4.78 is 23.5. The Kier molecular flexibility index (Phi) is 3.54. The number of nitrogens with zero attached hydrogens (tertiary/aromatic N) is 3. The van der Waals surface area contributed by atoms with E-state index in [9.17, 15) is 18.5 Å². The second-order valence-electron chi connectivity index (χ2n) is 3.74. The van der Waals surface area contributed by atoms with Crippen molar-refractivity contribution in [2.75, 3.05) is 0 Å². The first-order chi connectivity index (χ1) is 8.86. The van der Waals surface area contributed by atoms with Gasteiger partial charge >= 0.3 is 0 Å². The third-order valence-electron chi connectivity index (χ3n) is 2.38. The number of benzene rings is 1. The van der Waals surface area contributed by atoms with Gasteiger partial charge in [-0.2, -0.15) is 5.10 Å². The molecule has 0 amide bonds. The number of non-ortho nitro benzene ring substituents is 1. The lowest BCUT2D eigenvalue weighted by Crippen LogP contribution is -2.00. The molecule has 0 fully saturated rings. The molecule has 100 valence electrons. The summed E-state index contributed by atoms with van der Waals surface area (Å²) in [5, 5.41) is 14.3. The fraction of sp³-hybridized carbons (Fsp3) is 0.100. The van der Waals surface area contributed by atoms with Crippen LogP contribution in [0.15, 0.2) is 41.6 Å². The molecule has 0 saturated carbocycles. The molecule has 1 aromatic carbocycles. The molecule has 0 radical (unpaired) electrons. The smallest absolute Gasteiger partial charge is 0.267 e. The average Bonchev–Trinajstić information content (AvgIpc) is 2.78. The first kappa shape index (κ1) is 13.5. The first-order valence-corrected chi connectivity index (χ1v) is 7.37. The van der Waals surface area contributed by atoms with E-state index in [-0.39, 0.29) is 10.6 Å². The molecule has 0 N–H and O–H groups in total. The standard InChI is InChI=1S/C10H8ClN3O4S/c11-19(17,18)10-5-12-13(7-10)6-8-1-3-9(4-2-8)14(15)16/h1-5,7H,6H2. The van der Waals surface area contributed by atoms with E-state index in [0.29, 0.717) is 6.54 Å². The summed E-state index contributed by atoms with van der Waals surface area (Å²) in [7, 11) is 1.38. The quantitative estimate of drug-likeness (QED) is 0.487. The van der Waals surface area contributed by atoms with Gasteiger partial charge in [-0.1, -0.05) is 12.1 Å². The SMILES string of the molecule is O=[N+]([O-])c1ccc(Cn2cc(S(=O)(=O)Cl)cn2)cc1. The van der Waals surface area contributed by atoms with Crippen LogP contribution in [-0.2, 0) is 15.6 Å². The molecule has 0 unspecified atom stereocenters. The van der Waals surface area contributed by atoms with E-state index in [2.05, 4.69) is 5.10 Å². The predicted molar refractivity (Wildman–Crippen MR) is 67.5 cm³/mol. The van der Waals surface area contributed by atoms with Crippen molar-refractivity contribution in [2.45, 2.75) is 11.4 Å². The van der Waals surface area contributed by atoms with Crippen LogP contribution in [0.5, 0.6) is 0 Å². The van der Waals surface area contributed by atoms with Crippen molar-refractivity contribution in [3.8, 4) is 0 Å². The summed E-state index contributed by atoms with van der Waals surface area (Å²) in [5.74, 6) is 0. The zero-order chi connectivity index (χ0) is 14.0. The van der Waals surface area contributed by atoms with Crippen molar-refractivity contribution < 1.29 is 13.3 Å². The van der Waals surface area contributed by atoms with Gasteiger partial charge < -0.3 is 0 Å². The molecule has 0 aliphatic heterocycles. The van der Waals surface area contributed by atoms with Crippen molar-refractivity contribution in [2.24, 2.45) is 0 Å². The van der Waals surface area contributed by atoms with Crippen LogP contribution in [-0.4, -0.2) is 23.1 Å². The zero-order valence-corrected chi connectivity index (χ0v) is 11.0. The van der Waals surface area contributed by atoms with Crippen LogP contribution in [0.3, 0.4) is 0 Å². The summed E-state index contributed by atoms with van der Waals surface area (Å²) in [5.41, 5.74) is 0.750. The molecule has 2 rings (SSSR count). The summed E-state index contributed by atoms with van der Waals surface area (Å²) >= 11 is 0. The fourth-order valence-corrected chi connectivity index (χ4v) is 2.13. The van der Waals surface area contributed by atoms with Gasteiger partial charge in [0.25, 0.3) is 14.7 Å². The molecule has 7 nitrogen and oxygen atoms in total. The number of hydrogen-bond donors (Lipinski definition) is 0. The van der Waals surface area contributed by atoms with Crippen LogP contribution in [0.25, 0.3) is 0 Å². The fourth-order valence-electron chi connectivity index (χ4n) is 1.47. The Morgan fingerprint density at radius 3 is 2.42 bits per heavy atom. The summed E-state index contributed by atoms with van der Waals surface area (Å²) in [6.45, 7) is 0.296. The Morgan fingerprint density at radius 2 is 1.95 bits per heavy atom. The van der Waals surface area contributed by atoms with Gasteiger partial charge in [-0.05, 0) is 5.56 Å². The molecule has 0 aliphatic rings. The van der Waals surface area contributed by atoms with Crippen LogP contribution in [0, 0.1) is 10.1 Å². The van der Waals surface area contributed by atoms with Gasteiger partial charge in [0.15, 0.2) is 0 Å². The van der Waals surface area contributed by atoms with E-state index in [1.165, 1.54) is 23.0 Å². The predicted octanol–water partition coefficient (Wildman–Crippen LogP) is 1.77. The van der Waals surface area contributed by atoms with Gasteiger partial charge in [0.2, 0.25) is 0 Å². The molecule has 0 bridgehead atoms. The van der Waals surface area contributed by atoms with E-state index < -0.39 is 14.0 Å². The lowest BCUT2D eigenvalue weighted by molar-refractivity contribution is -0.384. The maximum atomic E-state index is 11.1. The topological polar surface area (TPSA) is 95.1 Å². The number of halogens is 1. The van der Waals surface area contributed by atoms with Crippen LogP contribution in [0.4, 0.5) is 5.69 Å². The van der Waals surface area contributed by atoms with E-state index in [0.717, 1.165) is 11.8 Å². The number of aromatic nitrogens is 2. The lowest BCUT2D eigenvalue weighted by atomic mass is 10.2. The highest BCUT2D eigenvalue weighted by Gasteiger charge is 2.12. The highest BCUT2D eigenvalue weighted by atomic mass is 35.7.